The van der Waals surface area contributed by atoms with E-state index in [4.69, 9.17) is 4.74 Å². The fourth-order valence-electron chi connectivity index (χ4n) is 4.18. The summed E-state index contributed by atoms with van der Waals surface area (Å²) in [5.41, 5.74) is 3.34. The Morgan fingerprint density at radius 1 is 1.26 bits per heavy atom. The quantitative estimate of drug-likeness (QED) is 0.808. The molecule has 0 radical (unpaired) electrons. The number of rotatable bonds is 2. The highest BCUT2D eigenvalue weighted by Gasteiger charge is 2.43. The van der Waals surface area contributed by atoms with Crippen LogP contribution in [0.2, 0.25) is 0 Å². The van der Waals surface area contributed by atoms with Crippen LogP contribution >= 0.6 is 0 Å². The zero-order valence-corrected chi connectivity index (χ0v) is 12.4. The largest absolute Gasteiger partial charge is 0.496 e. The molecule has 0 bridgehead atoms. The summed E-state index contributed by atoms with van der Waals surface area (Å²) in [6.45, 7) is 4.95. The van der Waals surface area contributed by atoms with Crippen LogP contribution < -0.4 is 4.74 Å². The SMILES string of the molecule is COc1cccc2c1C(C)(C1CCN(C)CC1)CC2. The van der Waals surface area contributed by atoms with Crippen LogP contribution in [0.1, 0.15) is 37.3 Å². The average molecular weight is 259 g/mol. The standard InChI is InChI=1S/C17H25NO/c1-17(14-8-11-18(2)12-9-14)10-7-13-5-4-6-15(19-3)16(13)17/h4-6,14H,7-12H2,1-3H3. The van der Waals surface area contributed by atoms with Crippen LogP contribution in [0.4, 0.5) is 0 Å². The van der Waals surface area contributed by atoms with Crippen molar-refractivity contribution in [2.45, 2.75) is 38.0 Å². The average Bonchev–Trinajstić information content (AvgIpc) is 2.79. The van der Waals surface area contributed by atoms with E-state index in [1.54, 1.807) is 0 Å². The van der Waals surface area contributed by atoms with Gasteiger partial charge in [0.15, 0.2) is 0 Å². The molecule has 19 heavy (non-hydrogen) atoms. The molecule has 104 valence electrons. The summed E-state index contributed by atoms with van der Waals surface area (Å²) in [4.78, 5) is 2.46. The minimum Gasteiger partial charge on any atom is -0.496 e. The summed E-state index contributed by atoms with van der Waals surface area (Å²) >= 11 is 0. The molecule has 1 aliphatic carbocycles. The van der Waals surface area contributed by atoms with Gasteiger partial charge in [-0.3, -0.25) is 0 Å². The Morgan fingerprint density at radius 2 is 2.00 bits per heavy atom. The predicted octanol–water partition coefficient (Wildman–Crippen LogP) is 3.24. The van der Waals surface area contributed by atoms with E-state index < -0.39 is 0 Å². The Hall–Kier alpha value is -1.02. The second kappa shape index (κ2) is 4.82. The maximum Gasteiger partial charge on any atom is 0.122 e. The first-order valence-electron chi connectivity index (χ1n) is 7.50. The number of ether oxygens (including phenoxy) is 1. The third-order valence-corrected chi connectivity index (χ3v) is 5.44. The number of fused-ring (bicyclic) bond motifs is 1. The monoisotopic (exact) mass is 259 g/mol. The van der Waals surface area contributed by atoms with Gasteiger partial charge in [0, 0.05) is 5.56 Å². The van der Waals surface area contributed by atoms with Crippen molar-refractivity contribution in [2.75, 3.05) is 27.2 Å². The highest BCUT2D eigenvalue weighted by molar-refractivity contribution is 5.49. The zero-order chi connectivity index (χ0) is 13.5. The maximum atomic E-state index is 5.65. The Kier molecular flexibility index (Phi) is 3.30. The molecule has 2 heteroatoms. The van der Waals surface area contributed by atoms with Gasteiger partial charge in [-0.15, -0.1) is 0 Å². The second-order valence-electron chi connectivity index (χ2n) is 6.49. The molecule has 1 atom stereocenters. The summed E-state index contributed by atoms with van der Waals surface area (Å²) in [6, 6.07) is 6.56. The molecule has 0 saturated carbocycles. The number of hydrogen-bond donors (Lipinski definition) is 0. The fourth-order valence-corrected chi connectivity index (χ4v) is 4.18. The smallest absolute Gasteiger partial charge is 0.122 e. The van der Waals surface area contributed by atoms with Crippen molar-refractivity contribution < 1.29 is 4.74 Å². The van der Waals surface area contributed by atoms with Crippen molar-refractivity contribution in [3.8, 4) is 5.75 Å². The second-order valence-corrected chi connectivity index (χ2v) is 6.49. The van der Waals surface area contributed by atoms with Crippen molar-refractivity contribution in [3.05, 3.63) is 29.3 Å². The first-order valence-corrected chi connectivity index (χ1v) is 7.50. The normalized spacial score (nSPS) is 28.4. The van der Waals surface area contributed by atoms with E-state index in [0.29, 0.717) is 5.41 Å². The molecule has 1 heterocycles. The molecular formula is C17H25NO. The van der Waals surface area contributed by atoms with Crippen LogP contribution in [-0.4, -0.2) is 32.1 Å². The summed E-state index contributed by atoms with van der Waals surface area (Å²) in [7, 11) is 4.05. The van der Waals surface area contributed by atoms with Gasteiger partial charge in [-0.2, -0.15) is 0 Å². The topological polar surface area (TPSA) is 12.5 Å². The maximum absolute atomic E-state index is 5.65. The number of aryl methyl sites for hydroxylation is 1. The lowest BCUT2D eigenvalue weighted by atomic mass is 9.68. The van der Waals surface area contributed by atoms with Gasteiger partial charge in [-0.05, 0) is 68.8 Å². The number of methoxy groups -OCH3 is 1. The molecule has 0 N–H and O–H groups in total. The molecule has 1 aliphatic heterocycles. The minimum absolute atomic E-state index is 0.323. The molecule has 1 saturated heterocycles. The molecule has 2 aliphatic rings. The Morgan fingerprint density at radius 3 is 2.68 bits per heavy atom. The molecule has 1 aromatic carbocycles. The lowest BCUT2D eigenvalue weighted by Crippen LogP contribution is -2.39. The van der Waals surface area contributed by atoms with Crippen molar-refractivity contribution >= 4 is 0 Å². The van der Waals surface area contributed by atoms with Gasteiger partial charge < -0.3 is 9.64 Å². The molecule has 1 unspecified atom stereocenters. The van der Waals surface area contributed by atoms with Gasteiger partial charge in [-0.25, -0.2) is 0 Å². The van der Waals surface area contributed by atoms with E-state index in [-0.39, 0.29) is 0 Å². The lowest BCUT2D eigenvalue weighted by molar-refractivity contribution is 0.152. The van der Waals surface area contributed by atoms with E-state index in [1.165, 1.54) is 49.9 Å². The summed E-state index contributed by atoms with van der Waals surface area (Å²) in [6.07, 6.45) is 5.15. The highest BCUT2D eigenvalue weighted by atomic mass is 16.5. The van der Waals surface area contributed by atoms with Crippen molar-refractivity contribution in [2.24, 2.45) is 5.92 Å². The number of hydrogen-bond acceptors (Lipinski definition) is 2. The van der Waals surface area contributed by atoms with E-state index in [1.807, 2.05) is 7.11 Å². The number of nitrogens with zero attached hydrogens (tertiary/aromatic N) is 1. The van der Waals surface area contributed by atoms with E-state index in [9.17, 15) is 0 Å². The molecular weight excluding hydrogens is 234 g/mol. The first kappa shape index (κ1) is 13.0. The van der Waals surface area contributed by atoms with Crippen LogP contribution in [0.25, 0.3) is 0 Å². The van der Waals surface area contributed by atoms with Gasteiger partial charge in [0.2, 0.25) is 0 Å². The molecule has 1 fully saturated rings. The van der Waals surface area contributed by atoms with Crippen molar-refractivity contribution in [3.63, 3.8) is 0 Å². The summed E-state index contributed by atoms with van der Waals surface area (Å²) in [5, 5.41) is 0. The van der Waals surface area contributed by atoms with Gasteiger partial charge in [-0.1, -0.05) is 19.1 Å². The molecule has 2 nitrogen and oxygen atoms in total. The Bertz CT molecular complexity index is 462. The Labute approximate surface area is 116 Å². The van der Waals surface area contributed by atoms with Crippen LogP contribution in [0.15, 0.2) is 18.2 Å². The van der Waals surface area contributed by atoms with Crippen LogP contribution in [0.5, 0.6) is 5.75 Å². The summed E-state index contributed by atoms with van der Waals surface area (Å²) in [5.74, 6) is 1.91. The third-order valence-electron chi connectivity index (χ3n) is 5.44. The molecule has 3 rings (SSSR count). The van der Waals surface area contributed by atoms with Gasteiger partial charge >= 0.3 is 0 Å². The molecule has 1 aromatic rings. The van der Waals surface area contributed by atoms with Gasteiger partial charge in [0.05, 0.1) is 7.11 Å². The number of benzene rings is 1. The van der Waals surface area contributed by atoms with Crippen LogP contribution in [0, 0.1) is 5.92 Å². The van der Waals surface area contributed by atoms with Crippen LogP contribution in [-0.2, 0) is 11.8 Å². The van der Waals surface area contributed by atoms with E-state index in [0.717, 1.165) is 11.7 Å². The first-order chi connectivity index (χ1) is 9.15. The number of likely N-dealkylation sites (tertiary alicyclic amines) is 1. The number of piperidine rings is 1. The van der Waals surface area contributed by atoms with Crippen molar-refractivity contribution in [1.82, 2.24) is 4.90 Å². The molecule has 0 spiro atoms. The van der Waals surface area contributed by atoms with E-state index in [2.05, 4.69) is 37.1 Å². The predicted molar refractivity (Wildman–Crippen MR) is 78.9 cm³/mol. The lowest BCUT2D eigenvalue weighted by Gasteiger charge is -2.40. The van der Waals surface area contributed by atoms with Crippen LogP contribution in [0.3, 0.4) is 0 Å². The fraction of sp³-hybridized carbons (Fsp3) is 0.647. The van der Waals surface area contributed by atoms with E-state index >= 15 is 0 Å². The van der Waals surface area contributed by atoms with Gasteiger partial charge in [0.1, 0.15) is 5.75 Å². The summed E-state index contributed by atoms with van der Waals surface area (Å²) < 4.78 is 5.65. The highest BCUT2D eigenvalue weighted by Crippen LogP contribution is 2.50. The molecule has 0 amide bonds. The molecule has 0 aromatic heterocycles. The zero-order valence-electron chi connectivity index (χ0n) is 12.4. The van der Waals surface area contributed by atoms with Crippen molar-refractivity contribution in [1.29, 1.82) is 0 Å². The minimum atomic E-state index is 0.323. The third kappa shape index (κ3) is 2.06. The Balaban J connectivity index is 1.95. The van der Waals surface area contributed by atoms with Gasteiger partial charge in [0.25, 0.3) is 0 Å².